The fraction of sp³-hybridized carbons (Fsp3) is 0.529. The van der Waals surface area contributed by atoms with Gasteiger partial charge in [-0.25, -0.2) is 0 Å². The molecule has 1 atom stereocenters. The van der Waals surface area contributed by atoms with E-state index in [1.807, 2.05) is 11.8 Å². The van der Waals surface area contributed by atoms with Crippen molar-refractivity contribution in [2.45, 2.75) is 60.4 Å². The summed E-state index contributed by atoms with van der Waals surface area (Å²) >= 11 is 1.84. The molecule has 7 rings (SSSR count). The van der Waals surface area contributed by atoms with Crippen LogP contribution in [0, 0.1) is 17.8 Å². The van der Waals surface area contributed by atoms with Crippen molar-refractivity contribution in [2.24, 2.45) is 24.8 Å². The molecule has 0 spiro atoms. The van der Waals surface area contributed by atoms with Crippen LogP contribution in [-0.4, -0.2) is 48.7 Å². The Kier molecular flexibility index (Phi) is 7.25. The lowest BCUT2D eigenvalue weighted by Crippen LogP contribution is -2.59. The molecule has 1 N–H and O–H groups in total. The van der Waals surface area contributed by atoms with Gasteiger partial charge in [-0.05, 0) is 105 Å². The Bertz CT molecular complexity index is 1250. The van der Waals surface area contributed by atoms with Crippen LogP contribution in [0.3, 0.4) is 0 Å². The summed E-state index contributed by atoms with van der Waals surface area (Å²) in [5, 5.41) is 5.48. The summed E-state index contributed by atoms with van der Waals surface area (Å²) in [7, 11) is 2.11. The first-order valence-electron chi connectivity index (χ1n) is 15.4. The minimum Gasteiger partial charge on any atom is -0.371 e. The van der Waals surface area contributed by atoms with Crippen LogP contribution in [0.2, 0.25) is 0 Å². The molecule has 1 saturated carbocycles. The van der Waals surface area contributed by atoms with Crippen molar-refractivity contribution in [3.05, 3.63) is 78.0 Å². The Hall–Kier alpha value is -2.21. The van der Waals surface area contributed by atoms with E-state index in [0.29, 0.717) is 0 Å². The van der Waals surface area contributed by atoms with Crippen molar-refractivity contribution in [3.63, 3.8) is 0 Å². The molecule has 0 bridgehead atoms. The Morgan fingerprint density at radius 1 is 0.872 bits per heavy atom. The first kappa shape index (κ1) is 25.7. The number of likely N-dealkylation sites (tertiary alicyclic amines) is 1. The molecule has 3 aliphatic heterocycles. The van der Waals surface area contributed by atoms with Gasteiger partial charge in [0.2, 0.25) is 0 Å². The third-order valence-electron chi connectivity index (χ3n) is 10.3. The van der Waals surface area contributed by atoms with E-state index in [4.69, 9.17) is 0 Å². The molecule has 1 aliphatic carbocycles. The summed E-state index contributed by atoms with van der Waals surface area (Å²) in [6.07, 6.45) is 11.6. The third-order valence-corrected chi connectivity index (χ3v) is 11.4. The van der Waals surface area contributed by atoms with Crippen LogP contribution in [0.15, 0.2) is 76.8 Å². The number of nitrogens with zero attached hydrogens (tertiary/aromatic N) is 3. The van der Waals surface area contributed by atoms with E-state index < -0.39 is 0 Å². The van der Waals surface area contributed by atoms with Crippen molar-refractivity contribution in [2.75, 3.05) is 44.2 Å². The molecule has 1 aromatic heterocycles. The molecule has 3 fully saturated rings. The molecular weight excluding hydrogens is 496 g/mol. The lowest BCUT2D eigenvalue weighted by molar-refractivity contribution is 0.0492. The van der Waals surface area contributed by atoms with Crippen LogP contribution in [0.25, 0.3) is 0 Å². The van der Waals surface area contributed by atoms with E-state index in [1.54, 1.807) is 11.1 Å². The fourth-order valence-electron chi connectivity index (χ4n) is 8.31. The molecule has 2 aromatic carbocycles. The van der Waals surface area contributed by atoms with Gasteiger partial charge in [-0.3, -0.25) is 0 Å². The van der Waals surface area contributed by atoms with Crippen LogP contribution in [0.4, 0.5) is 5.69 Å². The summed E-state index contributed by atoms with van der Waals surface area (Å²) in [6.45, 7) is 7.36. The molecule has 0 amide bonds. The lowest BCUT2D eigenvalue weighted by atomic mass is 9.63. The molecule has 0 radical (unpaired) electrons. The molecule has 5 heteroatoms. The predicted molar refractivity (Wildman–Crippen MR) is 163 cm³/mol. The van der Waals surface area contributed by atoms with E-state index in [2.05, 4.69) is 93.6 Å². The Balaban J connectivity index is 0.939. The standard InChI is InChI=1S/C34H44N4S/c1-36-20-6-11-33(36)39-31-14-12-30(13-15-31)38-24-26(25-38)23-37-21-17-29(18-22-37)34(28-8-3-4-9-28)32-10-5-2-7-27(32)16-19-35-34/h2,5-7,10-15,20,26,28-29,35H,3-4,8-9,16-19,21-25H2,1H3. The summed E-state index contributed by atoms with van der Waals surface area (Å²) in [4.78, 5) is 6.66. The second-order valence-electron chi connectivity index (χ2n) is 12.6. The highest BCUT2D eigenvalue weighted by atomic mass is 32.2. The first-order chi connectivity index (χ1) is 19.2. The Morgan fingerprint density at radius 3 is 2.36 bits per heavy atom. The maximum Gasteiger partial charge on any atom is 0.0793 e. The average molecular weight is 541 g/mol. The Labute approximate surface area is 239 Å². The van der Waals surface area contributed by atoms with E-state index in [1.165, 1.54) is 93.3 Å². The number of rotatable bonds is 7. The van der Waals surface area contributed by atoms with Crippen molar-refractivity contribution in [3.8, 4) is 0 Å². The number of aromatic nitrogens is 1. The normalized spacial score (nSPS) is 25.1. The number of nitrogens with one attached hydrogen (secondary N) is 1. The highest BCUT2D eigenvalue weighted by Crippen LogP contribution is 2.50. The molecule has 1 unspecified atom stereocenters. The predicted octanol–water partition coefficient (Wildman–Crippen LogP) is 6.56. The molecule has 206 valence electrons. The maximum atomic E-state index is 4.19. The molecule has 4 heterocycles. The quantitative estimate of drug-likeness (QED) is 0.367. The van der Waals surface area contributed by atoms with Gasteiger partial charge in [0, 0.05) is 61.5 Å². The average Bonchev–Trinajstić information content (AvgIpc) is 3.64. The number of hydrogen-bond acceptors (Lipinski definition) is 4. The van der Waals surface area contributed by atoms with E-state index in [9.17, 15) is 0 Å². The van der Waals surface area contributed by atoms with Crippen LogP contribution in [0.1, 0.15) is 49.7 Å². The van der Waals surface area contributed by atoms with Crippen LogP contribution in [-0.2, 0) is 19.0 Å². The number of fused-ring (bicyclic) bond motifs is 1. The highest BCUT2D eigenvalue weighted by Gasteiger charge is 2.50. The fourth-order valence-corrected chi connectivity index (χ4v) is 9.18. The number of anilines is 1. The van der Waals surface area contributed by atoms with Crippen molar-refractivity contribution < 1.29 is 0 Å². The van der Waals surface area contributed by atoms with Gasteiger partial charge in [-0.15, -0.1) is 0 Å². The minimum absolute atomic E-state index is 0.218. The van der Waals surface area contributed by atoms with Gasteiger partial charge >= 0.3 is 0 Å². The highest BCUT2D eigenvalue weighted by molar-refractivity contribution is 7.99. The van der Waals surface area contributed by atoms with Gasteiger partial charge in [0.1, 0.15) is 0 Å². The maximum absolute atomic E-state index is 4.19. The topological polar surface area (TPSA) is 23.4 Å². The van der Waals surface area contributed by atoms with Gasteiger partial charge in [-0.2, -0.15) is 0 Å². The van der Waals surface area contributed by atoms with E-state index in [-0.39, 0.29) is 5.54 Å². The van der Waals surface area contributed by atoms with Gasteiger partial charge in [0.15, 0.2) is 0 Å². The second-order valence-corrected chi connectivity index (χ2v) is 13.7. The second kappa shape index (κ2) is 11.0. The van der Waals surface area contributed by atoms with Gasteiger partial charge in [-0.1, -0.05) is 48.9 Å². The van der Waals surface area contributed by atoms with Crippen molar-refractivity contribution in [1.29, 1.82) is 0 Å². The lowest BCUT2D eigenvalue weighted by Gasteiger charge is -2.53. The number of aryl methyl sites for hydroxylation is 1. The summed E-state index contributed by atoms with van der Waals surface area (Å²) in [5.74, 6) is 2.38. The summed E-state index contributed by atoms with van der Waals surface area (Å²) in [6, 6.07) is 22.9. The van der Waals surface area contributed by atoms with Gasteiger partial charge in [0.25, 0.3) is 0 Å². The Morgan fingerprint density at radius 2 is 1.62 bits per heavy atom. The zero-order valence-electron chi connectivity index (χ0n) is 23.5. The van der Waals surface area contributed by atoms with Crippen molar-refractivity contribution >= 4 is 17.4 Å². The van der Waals surface area contributed by atoms with Crippen LogP contribution >= 0.6 is 11.8 Å². The smallest absolute Gasteiger partial charge is 0.0793 e. The summed E-state index contributed by atoms with van der Waals surface area (Å²) < 4.78 is 2.18. The molecular formula is C34H44N4S. The molecule has 4 aliphatic rings. The SMILES string of the molecule is Cn1cccc1Sc1ccc(N2CC(CN3CCC(C4(C5CCCC5)NCCc5ccccc54)CC3)C2)cc1. The van der Waals surface area contributed by atoms with Gasteiger partial charge in [0.05, 0.1) is 5.03 Å². The molecule has 39 heavy (non-hydrogen) atoms. The van der Waals surface area contributed by atoms with Crippen LogP contribution in [0.5, 0.6) is 0 Å². The molecule has 2 saturated heterocycles. The van der Waals surface area contributed by atoms with E-state index in [0.717, 1.165) is 24.3 Å². The summed E-state index contributed by atoms with van der Waals surface area (Å²) in [5.41, 5.74) is 4.87. The zero-order valence-corrected chi connectivity index (χ0v) is 24.3. The number of benzene rings is 2. The number of hydrogen-bond donors (Lipinski definition) is 1. The van der Waals surface area contributed by atoms with E-state index >= 15 is 0 Å². The van der Waals surface area contributed by atoms with Crippen molar-refractivity contribution in [1.82, 2.24) is 14.8 Å². The third kappa shape index (κ3) is 4.96. The zero-order chi connectivity index (χ0) is 26.2. The first-order valence-corrected chi connectivity index (χ1v) is 16.2. The molecule has 3 aromatic rings. The molecule has 4 nitrogen and oxygen atoms in total. The minimum atomic E-state index is 0.218. The monoisotopic (exact) mass is 540 g/mol. The number of piperidine rings is 1. The van der Waals surface area contributed by atoms with Crippen LogP contribution < -0.4 is 10.2 Å². The van der Waals surface area contributed by atoms with Gasteiger partial charge < -0.3 is 19.7 Å². The largest absolute Gasteiger partial charge is 0.371 e.